The Morgan fingerprint density at radius 2 is 0.895 bits per heavy atom. The highest BCUT2D eigenvalue weighted by Gasteiger charge is 2.34. The average molecular weight is 515 g/mol. The number of aryl methyl sites for hydroxylation is 2. The molecule has 8 nitrogen and oxygen atoms in total. The lowest BCUT2D eigenvalue weighted by molar-refractivity contribution is -0.111. The van der Waals surface area contributed by atoms with Crippen LogP contribution in [0.5, 0.6) is 0 Å². The second kappa shape index (κ2) is 10.8. The molecule has 0 spiro atoms. The largest absolute Gasteiger partial charge is 0.293 e. The van der Waals surface area contributed by atoms with Crippen LogP contribution in [-0.4, -0.2) is 45.7 Å². The second-order valence-electron chi connectivity index (χ2n) is 11.5. The number of hydrazone groups is 2. The standard InChI is InChI=1S/C30H38N6O2/c1-19-11-15-23(16-12-19)35-27(31-29(5,6)7)25(21(3)37)34-36(24-17-13-20(2)14-18-24)28(32-30(8,9)10)26(33-35)22(4)38/h11-18H,1-10H3/b31-27?,32-28?,33-26-,34-25-. The molecule has 0 aromatic heterocycles. The van der Waals surface area contributed by atoms with Crippen molar-refractivity contribution in [2.24, 2.45) is 20.2 Å². The van der Waals surface area contributed by atoms with E-state index in [1.165, 1.54) is 23.9 Å². The summed E-state index contributed by atoms with van der Waals surface area (Å²) in [6.45, 7) is 18.5. The number of hydrogen-bond acceptors (Lipinski definition) is 6. The SMILES string of the molecule is CC(=O)/C1=N/N(c2ccc(C)cc2)C(=NC(C)(C)C)/C(C(C)=O)=N\N(c2ccc(C)cc2)C1=NC(C)(C)C. The van der Waals surface area contributed by atoms with Crippen LogP contribution in [0.3, 0.4) is 0 Å². The molecule has 1 heterocycles. The smallest absolute Gasteiger partial charge is 0.183 e. The molecule has 0 saturated carbocycles. The minimum absolute atomic E-state index is 0.106. The maximum absolute atomic E-state index is 13.2. The summed E-state index contributed by atoms with van der Waals surface area (Å²) < 4.78 is 0. The zero-order valence-corrected chi connectivity index (χ0v) is 24.1. The van der Waals surface area contributed by atoms with Gasteiger partial charge < -0.3 is 0 Å². The molecule has 0 unspecified atom stereocenters. The maximum Gasteiger partial charge on any atom is 0.183 e. The molecule has 0 bridgehead atoms. The molecule has 0 fully saturated rings. The number of anilines is 2. The number of amidine groups is 2. The Morgan fingerprint density at radius 1 is 0.605 bits per heavy atom. The summed E-state index contributed by atoms with van der Waals surface area (Å²) in [5.74, 6) is -0.0864. The minimum atomic E-state index is -0.573. The first kappa shape index (κ1) is 28.6. The Morgan fingerprint density at radius 3 is 1.13 bits per heavy atom. The fourth-order valence-electron chi connectivity index (χ4n) is 3.61. The summed E-state index contributed by atoms with van der Waals surface area (Å²) in [4.78, 5) is 36.2. The van der Waals surface area contributed by atoms with Gasteiger partial charge in [0.25, 0.3) is 0 Å². The van der Waals surface area contributed by atoms with E-state index in [0.29, 0.717) is 11.4 Å². The van der Waals surface area contributed by atoms with Crippen LogP contribution in [0, 0.1) is 13.8 Å². The van der Waals surface area contributed by atoms with Gasteiger partial charge in [-0.15, -0.1) is 0 Å². The molecule has 8 heteroatoms. The van der Waals surface area contributed by atoms with Gasteiger partial charge in [-0.1, -0.05) is 35.4 Å². The third-order valence-corrected chi connectivity index (χ3v) is 5.33. The molecule has 0 radical (unpaired) electrons. The third kappa shape index (κ3) is 7.09. The van der Waals surface area contributed by atoms with Crippen LogP contribution in [0.4, 0.5) is 11.4 Å². The number of nitrogens with zero attached hydrogens (tertiary/aromatic N) is 6. The highest BCUT2D eigenvalue weighted by Crippen LogP contribution is 2.25. The van der Waals surface area contributed by atoms with E-state index in [0.717, 1.165) is 11.1 Å². The van der Waals surface area contributed by atoms with Crippen molar-refractivity contribution in [2.75, 3.05) is 10.0 Å². The molecule has 2 aromatic carbocycles. The number of aliphatic imine (C=N–C) groups is 2. The Kier molecular flexibility index (Phi) is 8.15. The Labute approximate surface area is 225 Å². The number of benzene rings is 2. The van der Waals surface area contributed by atoms with E-state index in [1.54, 1.807) is 0 Å². The van der Waals surface area contributed by atoms with E-state index in [9.17, 15) is 9.59 Å². The molecule has 200 valence electrons. The maximum atomic E-state index is 13.2. The van der Waals surface area contributed by atoms with E-state index in [1.807, 2.05) is 104 Å². The van der Waals surface area contributed by atoms with Crippen molar-refractivity contribution in [2.45, 2.75) is 80.3 Å². The van der Waals surface area contributed by atoms with Crippen molar-refractivity contribution in [3.8, 4) is 0 Å². The van der Waals surface area contributed by atoms with E-state index in [2.05, 4.69) is 0 Å². The minimum Gasteiger partial charge on any atom is -0.293 e. The number of carbonyl (C=O) groups is 2. The van der Waals surface area contributed by atoms with Crippen LogP contribution < -0.4 is 10.0 Å². The Balaban J connectivity index is 2.51. The molecule has 0 amide bonds. The van der Waals surface area contributed by atoms with Gasteiger partial charge in [-0.25, -0.2) is 10.0 Å². The topological polar surface area (TPSA) is 90.1 Å². The quantitative estimate of drug-likeness (QED) is 0.507. The van der Waals surface area contributed by atoms with Gasteiger partial charge in [0.1, 0.15) is 0 Å². The van der Waals surface area contributed by atoms with Gasteiger partial charge in [-0.3, -0.25) is 19.6 Å². The summed E-state index contributed by atoms with van der Waals surface area (Å²) >= 11 is 0. The Hall–Kier alpha value is -3.94. The molecule has 0 atom stereocenters. The molecule has 2 aromatic rings. The van der Waals surface area contributed by atoms with Crippen LogP contribution in [0.15, 0.2) is 68.7 Å². The van der Waals surface area contributed by atoms with Crippen LogP contribution in [0.25, 0.3) is 0 Å². The fraction of sp³-hybridized carbons (Fsp3) is 0.400. The number of hydrogen-bond donors (Lipinski definition) is 0. The zero-order valence-electron chi connectivity index (χ0n) is 24.1. The van der Waals surface area contributed by atoms with E-state index >= 15 is 0 Å². The predicted molar refractivity (Wildman–Crippen MR) is 158 cm³/mol. The number of rotatable bonds is 4. The summed E-state index contributed by atoms with van der Waals surface area (Å²) in [6, 6.07) is 15.3. The molecule has 1 aliphatic heterocycles. The summed E-state index contributed by atoms with van der Waals surface area (Å²) in [7, 11) is 0. The van der Waals surface area contributed by atoms with Gasteiger partial charge in [0.15, 0.2) is 34.7 Å². The summed E-state index contributed by atoms with van der Waals surface area (Å²) in [5, 5.41) is 12.8. The van der Waals surface area contributed by atoms with E-state index in [4.69, 9.17) is 20.2 Å². The van der Waals surface area contributed by atoms with E-state index < -0.39 is 11.1 Å². The molecule has 3 rings (SSSR count). The van der Waals surface area contributed by atoms with Crippen LogP contribution in [0.2, 0.25) is 0 Å². The molecule has 0 saturated heterocycles. The van der Waals surface area contributed by atoms with Crippen molar-refractivity contribution in [1.82, 2.24) is 0 Å². The lowest BCUT2D eigenvalue weighted by Crippen LogP contribution is -2.48. The summed E-state index contributed by atoms with van der Waals surface area (Å²) in [6.07, 6.45) is 0. The zero-order chi connectivity index (χ0) is 28.4. The van der Waals surface area contributed by atoms with Crippen LogP contribution in [-0.2, 0) is 9.59 Å². The van der Waals surface area contributed by atoms with Crippen molar-refractivity contribution in [1.29, 1.82) is 0 Å². The van der Waals surface area contributed by atoms with Crippen molar-refractivity contribution >= 4 is 46.0 Å². The highest BCUT2D eigenvalue weighted by atomic mass is 16.1. The lowest BCUT2D eigenvalue weighted by Gasteiger charge is -2.31. The first-order valence-corrected chi connectivity index (χ1v) is 12.7. The fourth-order valence-corrected chi connectivity index (χ4v) is 3.61. The third-order valence-electron chi connectivity index (χ3n) is 5.33. The number of Topliss-reactive ketones (excluding diaryl/α,β-unsaturated/α-hetero) is 2. The predicted octanol–water partition coefficient (Wildman–Crippen LogP) is 5.91. The van der Waals surface area contributed by atoms with Gasteiger partial charge in [-0.05, 0) is 79.7 Å². The molecular weight excluding hydrogens is 476 g/mol. The molecular formula is C30H38N6O2. The van der Waals surface area contributed by atoms with Gasteiger partial charge in [0.05, 0.1) is 22.5 Å². The van der Waals surface area contributed by atoms with Crippen molar-refractivity contribution < 1.29 is 9.59 Å². The van der Waals surface area contributed by atoms with Crippen molar-refractivity contribution in [3.63, 3.8) is 0 Å². The second-order valence-corrected chi connectivity index (χ2v) is 11.5. The first-order chi connectivity index (χ1) is 17.6. The van der Waals surface area contributed by atoms with Gasteiger partial charge in [-0.2, -0.15) is 10.2 Å². The highest BCUT2D eigenvalue weighted by molar-refractivity contribution is 6.73. The molecule has 1 aliphatic rings. The van der Waals surface area contributed by atoms with Crippen LogP contribution in [0.1, 0.15) is 66.5 Å². The molecule has 0 aliphatic carbocycles. The number of carbonyl (C=O) groups excluding carboxylic acids is 2. The monoisotopic (exact) mass is 514 g/mol. The molecule has 38 heavy (non-hydrogen) atoms. The Bertz CT molecular complexity index is 1230. The molecule has 0 N–H and O–H groups in total. The van der Waals surface area contributed by atoms with Gasteiger partial charge in [0, 0.05) is 13.8 Å². The van der Waals surface area contributed by atoms with Crippen LogP contribution >= 0.6 is 0 Å². The van der Waals surface area contributed by atoms with Crippen molar-refractivity contribution in [3.05, 3.63) is 59.7 Å². The van der Waals surface area contributed by atoms with E-state index in [-0.39, 0.29) is 34.7 Å². The average Bonchev–Trinajstić information content (AvgIpc) is 2.77. The van der Waals surface area contributed by atoms with Gasteiger partial charge >= 0.3 is 0 Å². The normalized spacial score (nSPS) is 19.9. The lowest BCUT2D eigenvalue weighted by atomic mass is 10.1. The number of ketones is 2. The first-order valence-electron chi connectivity index (χ1n) is 12.7. The summed E-state index contributed by atoms with van der Waals surface area (Å²) in [5.41, 5.74) is 2.48. The van der Waals surface area contributed by atoms with Gasteiger partial charge in [0.2, 0.25) is 0 Å².